The van der Waals surface area contributed by atoms with Crippen molar-refractivity contribution in [3.05, 3.63) is 104 Å². The van der Waals surface area contributed by atoms with E-state index in [-0.39, 0.29) is 37.5 Å². The zero-order valence-corrected chi connectivity index (χ0v) is 22.1. The van der Waals surface area contributed by atoms with Gasteiger partial charge < -0.3 is 24.3 Å². The van der Waals surface area contributed by atoms with Crippen LogP contribution in [0.5, 0.6) is 0 Å². The summed E-state index contributed by atoms with van der Waals surface area (Å²) in [5, 5.41) is 6.93. The molecule has 0 aromatic heterocycles. The van der Waals surface area contributed by atoms with E-state index in [0.29, 0.717) is 22.0 Å². The fourth-order valence-electron chi connectivity index (χ4n) is 4.17. The van der Waals surface area contributed by atoms with Crippen LogP contribution in [0.4, 0.5) is 0 Å². The third-order valence-electron chi connectivity index (χ3n) is 5.95. The number of azide groups is 1. The second-order valence-corrected chi connectivity index (χ2v) is 8.65. The maximum absolute atomic E-state index is 13.7. The van der Waals surface area contributed by atoms with Crippen LogP contribution in [-0.4, -0.2) is 52.5 Å². The van der Waals surface area contributed by atoms with E-state index in [9.17, 15) is 9.59 Å². The average Bonchev–Trinajstić information content (AvgIpc) is 2.93. The van der Waals surface area contributed by atoms with Crippen molar-refractivity contribution in [2.45, 2.75) is 18.9 Å². The van der Waals surface area contributed by atoms with Crippen molar-refractivity contribution in [1.82, 2.24) is 5.32 Å². The van der Waals surface area contributed by atoms with Crippen molar-refractivity contribution < 1.29 is 28.5 Å². The summed E-state index contributed by atoms with van der Waals surface area (Å²) in [7, 11) is 2.80. The van der Waals surface area contributed by atoms with Crippen LogP contribution in [0, 0.1) is 0 Å². The highest BCUT2D eigenvalue weighted by molar-refractivity contribution is 6.31. The molecule has 200 valence electrons. The number of nitrogens with one attached hydrogen (secondary N) is 1. The van der Waals surface area contributed by atoms with Gasteiger partial charge in [-0.05, 0) is 29.6 Å². The number of carbonyl (C=O) groups excluding carboxylic acids is 2. The van der Waals surface area contributed by atoms with E-state index in [1.165, 1.54) is 14.2 Å². The summed E-state index contributed by atoms with van der Waals surface area (Å²) >= 11 is 6.56. The van der Waals surface area contributed by atoms with Crippen LogP contribution in [-0.2, 0) is 28.5 Å². The molecule has 0 radical (unpaired) electrons. The standard InChI is InChI=1S/C27H29ClN4O6/c1-17-23(26(33)36-3)24(19-11-7-8-12-20(19)28)25(21(31-17)15-37-14-13-30-32-29)27(34)38-16-22(35-2)18-9-5-4-6-10-18/h4-12,22,24,31H,13-16H2,1-3H3. The van der Waals surface area contributed by atoms with E-state index in [2.05, 4.69) is 15.3 Å². The van der Waals surface area contributed by atoms with Crippen LogP contribution in [0.15, 0.2) is 82.3 Å². The molecule has 0 aliphatic carbocycles. The predicted octanol–water partition coefficient (Wildman–Crippen LogP) is 4.99. The van der Waals surface area contributed by atoms with E-state index in [1.807, 2.05) is 30.3 Å². The number of rotatable bonds is 12. The van der Waals surface area contributed by atoms with Crippen molar-refractivity contribution in [2.24, 2.45) is 5.11 Å². The van der Waals surface area contributed by atoms with Crippen molar-refractivity contribution in [2.75, 3.05) is 40.6 Å². The SMILES string of the molecule is COC(=O)C1=C(C)NC(COCCN=[N+]=[N-])=C(C(=O)OCC(OC)c2ccccc2)C1c1ccccc1Cl. The Morgan fingerprint density at radius 2 is 1.79 bits per heavy atom. The Balaban J connectivity index is 2.03. The molecular weight excluding hydrogens is 512 g/mol. The summed E-state index contributed by atoms with van der Waals surface area (Å²) in [6.45, 7) is 1.84. The minimum Gasteiger partial charge on any atom is -0.466 e. The fraction of sp³-hybridized carbons (Fsp3) is 0.333. The summed E-state index contributed by atoms with van der Waals surface area (Å²) in [5.74, 6) is -2.19. The number of dihydropyridines is 1. The number of benzene rings is 2. The summed E-state index contributed by atoms with van der Waals surface area (Å²) in [5.41, 5.74) is 11.1. The molecule has 11 heteroatoms. The molecule has 0 amide bonds. The highest BCUT2D eigenvalue weighted by atomic mass is 35.5. The second-order valence-electron chi connectivity index (χ2n) is 8.24. The molecule has 1 N–H and O–H groups in total. The van der Waals surface area contributed by atoms with Crippen molar-refractivity contribution in [3.63, 3.8) is 0 Å². The predicted molar refractivity (Wildman–Crippen MR) is 141 cm³/mol. The largest absolute Gasteiger partial charge is 0.466 e. The molecule has 2 aromatic carbocycles. The van der Waals surface area contributed by atoms with Crippen molar-refractivity contribution in [1.29, 1.82) is 0 Å². The van der Waals surface area contributed by atoms with Gasteiger partial charge in [-0.1, -0.05) is 65.2 Å². The molecule has 2 unspecified atom stereocenters. The Hall–Kier alpha value is -3.82. The van der Waals surface area contributed by atoms with Gasteiger partial charge >= 0.3 is 11.9 Å². The summed E-state index contributed by atoms with van der Waals surface area (Å²) < 4.78 is 22.0. The lowest BCUT2D eigenvalue weighted by molar-refractivity contribution is -0.143. The lowest BCUT2D eigenvalue weighted by Gasteiger charge is -2.32. The van der Waals surface area contributed by atoms with Gasteiger partial charge in [0.15, 0.2) is 0 Å². The van der Waals surface area contributed by atoms with Gasteiger partial charge in [-0.15, -0.1) is 0 Å². The maximum atomic E-state index is 13.7. The summed E-state index contributed by atoms with van der Waals surface area (Å²) in [6, 6.07) is 16.3. The number of nitrogens with zero attached hydrogens (tertiary/aromatic N) is 3. The van der Waals surface area contributed by atoms with E-state index in [4.69, 9.17) is 36.1 Å². The molecule has 10 nitrogen and oxygen atoms in total. The van der Waals surface area contributed by atoms with Crippen LogP contribution in [0.2, 0.25) is 5.02 Å². The first kappa shape index (κ1) is 28.7. The molecule has 1 heterocycles. The number of hydrogen-bond donors (Lipinski definition) is 1. The number of allylic oxidation sites excluding steroid dienone is 1. The van der Waals surface area contributed by atoms with Crippen molar-refractivity contribution >= 4 is 23.5 Å². The lowest BCUT2D eigenvalue weighted by Crippen LogP contribution is -2.35. The van der Waals surface area contributed by atoms with E-state index in [1.54, 1.807) is 31.2 Å². The van der Waals surface area contributed by atoms with Crippen LogP contribution in [0.25, 0.3) is 10.4 Å². The van der Waals surface area contributed by atoms with Gasteiger partial charge in [-0.3, -0.25) is 0 Å². The second kappa shape index (κ2) is 14.2. The maximum Gasteiger partial charge on any atom is 0.336 e. The quantitative estimate of drug-likeness (QED) is 0.132. The lowest BCUT2D eigenvalue weighted by atomic mass is 9.80. The molecule has 0 saturated carbocycles. The molecule has 1 aliphatic rings. The smallest absolute Gasteiger partial charge is 0.336 e. The monoisotopic (exact) mass is 540 g/mol. The number of esters is 2. The third-order valence-corrected chi connectivity index (χ3v) is 6.30. The van der Waals surface area contributed by atoms with Crippen LogP contribution in [0.1, 0.15) is 30.1 Å². The fourth-order valence-corrected chi connectivity index (χ4v) is 4.42. The molecule has 2 aromatic rings. The minimum absolute atomic E-state index is 0.0372. The molecule has 0 spiro atoms. The van der Waals surface area contributed by atoms with Crippen molar-refractivity contribution in [3.8, 4) is 0 Å². The molecule has 38 heavy (non-hydrogen) atoms. The number of halogens is 1. The van der Waals surface area contributed by atoms with Crippen LogP contribution >= 0.6 is 11.6 Å². The first-order valence-electron chi connectivity index (χ1n) is 11.8. The topological polar surface area (TPSA) is 132 Å². The Morgan fingerprint density at radius 1 is 1.08 bits per heavy atom. The van der Waals surface area contributed by atoms with Gasteiger partial charge in [0, 0.05) is 29.3 Å². The Bertz CT molecular complexity index is 1260. The Morgan fingerprint density at radius 3 is 2.45 bits per heavy atom. The normalized spacial score (nSPS) is 15.8. The molecule has 3 rings (SSSR count). The van der Waals surface area contributed by atoms with E-state index >= 15 is 0 Å². The number of ether oxygens (including phenoxy) is 4. The highest BCUT2D eigenvalue weighted by Gasteiger charge is 2.40. The van der Waals surface area contributed by atoms with Gasteiger partial charge in [0.2, 0.25) is 0 Å². The molecule has 2 atom stereocenters. The van der Waals surface area contributed by atoms with Gasteiger partial charge in [0.25, 0.3) is 0 Å². The first-order chi connectivity index (χ1) is 18.4. The Labute approximate surface area is 225 Å². The minimum atomic E-state index is -0.890. The van der Waals surface area contributed by atoms with Gasteiger partial charge in [0.05, 0.1) is 43.1 Å². The van der Waals surface area contributed by atoms with Crippen LogP contribution in [0.3, 0.4) is 0 Å². The number of carbonyl (C=O) groups is 2. The summed E-state index contributed by atoms with van der Waals surface area (Å²) in [6.07, 6.45) is -0.503. The zero-order valence-electron chi connectivity index (χ0n) is 21.3. The third kappa shape index (κ3) is 6.93. The number of hydrogen-bond acceptors (Lipinski definition) is 8. The highest BCUT2D eigenvalue weighted by Crippen LogP contribution is 2.42. The van der Waals surface area contributed by atoms with Gasteiger partial charge in [-0.25, -0.2) is 9.59 Å². The molecular formula is C27H29ClN4O6. The van der Waals surface area contributed by atoms with Crippen LogP contribution < -0.4 is 5.32 Å². The van der Waals surface area contributed by atoms with Gasteiger partial charge in [0.1, 0.15) is 12.7 Å². The molecule has 1 aliphatic heterocycles. The van der Waals surface area contributed by atoms with Gasteiger partial charge in [-0.2, -0.15) is 0 Å². The Kier molecular flexibility index (Phi) is 10.7. The molecule has 0 bridgehead atoms. The molecule has 0 fully saturated rings. The number of methoxy groups -OCH3 is 2. The first-order valence-corrected chi connectivity index (χ1v) is 12.2. The molecule has 0 saturated heterocycles. The zero-order chi connectivity index (χ0) is 27.5. The average molecular weight is 541 g/mol. The summed E-state index contributed by atoms with van der Waals surface area (Å²) in [4.78, 5) is 29.4. The van der Waals surface area contributed by atoms with E-state index in [0.717, 1.165) is 5.56 Å². The van der Waals surface area contributed by atoms with E-state index < -0.39 is 24.0 Å².